The zero-order valence-corrected chi connectivity index (χ0v) is 22.7. The van der Waals surface area contributed by atoms with Crippen LogP contribution < -0.4 is 4.74 Å². The lowest BCUT2D eigenvalue weighted by Gasteiger charge is -2.29. The van der Waals surface area contributed by atoms with E-state index in [-0.39, 0.29) is 30.7 Å². The highest BCUT2D eigenvalue weighted by molar-refractivity contribution is 6.30. The molecule has 1 fully saturated rings. The van der Waals surface area contributed by atoms with E-state index in [9.17, 15) is 19.1 Å². The topological polar surface area (TPSA) is 107 Å². The second kappa shape index (κ2) is 11.3. The predicted molar refractivity (Wildman–Crippen MR) is 149 cm³/mol. The van der Waals surface area contributed by atoms with Crippen molar-refractivity contribution in [2.24, 2.45) is 0 Å². The smallest absolute Gasteiger partial charge is 0.335 e. The zero-order chi connectivity index (χ0) is 28.5. The minimum absolute atomic E-state index is 0.0218. The number of hydrogen-bond donors (Lipinski definition) is 1. The Hall–Kier alpha value is -4.28. The molecule has 0 radical (unpaired) electrons. The summed E-state index contributed by atoms with van der Waals surface area (Å²) >= 11 is 5.85. The van der Waals surface area contributed by atoms with Gasteiger partial charge in [-0.3, -0.25) is 4.79 Å². The van der Waals surface area contributed by atoms with E-state index in [0.29, 0.717) is 65.0 Å². The van der Waals surface area contributed by atoms with E-state index in [0.717, 1.165) is 12.0 Å². The number of carboxylic acids is 1. The number of ether oxygens (including phenoxy) is 2. The molecule has 2 aliphatic rings. The predicted octanol–water partition coefficient (Wildman–Crippen LogP) is 5.11. The number of fused-ring (bicyclic) bond motifs is 1. The van der Waals surface area contributed by atoms with Crippen LogP contribution >= 0.6 is 11.6 Å². The second-order valence-electron chi connectivity index (χ2n) is 9.99. The normalized spacial score (nSPS) is 16.9. The third-order valence-corrected chi connectivity index (χ3v) is 7.58. The number of imidazole rings is 1. The van der Waals surface area contributed by atoms with Gasteiger partial charge in [0, 0.05) is 41.6 Å². The Labute approximate surface area is 239 Å². The van der Waals surface area contributed by atoms with Crippen molar-refractivity contribution in [1.82, 2.24) is 19.4 Å². The fraction of sp³-hybridized carbons (Fsp3) is 0.267. The molecule has 210 valence electrons. The summed E-state index contributed by atoms with van der Waals surface area (Å²) in [6.45, 7) is 1.89. The Morgan fingerprint density at radius 3 is 2.80 bits per heavy atom. The summed E-state index contributed by atoms with van der Waals surface area (Å²) in [7, 11) is 0. The van der Waals surface area contributed by atoms with E-state index >= 15 is 0 Å². The Kier molecular flexibility index (Phi) is 7.42. The van der Waals surface area contributed by atoms with Gasteiger partial charge < -0.3 is 24.0 Å². The molecule has 9 nitrogen and oxygen atoms in total. The van der Waals surface area contributed by atoms with Gasteiger partial charge in [-0.2, -0.15) is 0 Å². The number of halogens is 2. The molecule has 41 heavy (non-hydrogen) atoms. The third-order valence-electron chi connectivity index (χ3n) is 7.34. The summed E-state index contributed by atoms with van der Waals surface area (Å²) in [4.78, 5) is 35.6. The quantitative estimate of drug-likeness (QED) is 0.295. The number of nitrogens with zero attached hydrogens (tertiary/aromatic N) is 4. The summed E-state index contributed by atoms with van der Waals surface area (Å²) in [5.74, 6) is -0.687. The Bertz CT molecular complexity index is 1680. The highest BCUT2D eigenvalue weighted by atomic mass is 35.5. The van der Waals surface area contributed by atoms with Crippen molar-refractivity contribution in [3.8, 4) is 5.88 Å². The molecular formula is C30H26ClFN4O5. The van der Waals surface area contributed by atoms with Gasteiger partial charge in [-0.05, 0) is 60.9 Å². The van der Waals surface area contributed by atoms with Crippen molar-refractivity contribution >= 4 is 40.1 Å². The number of benzene rings is 2. The van der Waals surface area contributed by atoms with Crippen LogP contribution in [-0.4, -0.2) is 55.7 Å². The van der Waals surface area contributed by atoms with Crippen LogP contribution in [0, 0.1) is 5.82 Å². The fourth-order valence-electron chi connectivity index (χ4n) is 5.02. The van der Waals surface area contributed by atoms with Crippen molar-refractivity contribution in [1.29, 1.82) is 0 Å². The summed E-state index contributed by atoms with van der Waals surface area (Å²) in [5.41, 5.74) is 3.33. The average Bonchev–Trinajstić information content (AvgIpc) is 3.27. The number of pyridine rings is 1. The minimum atomic E-state index is -1.01. The first kappa shape index (κ1) is 26.9. The lowest BCUT2D eigenvalue weighted by atomic mass is 10.00. The molecule has 2 aliphatic heterocycles. The van der Waals surface area contributed by atoms with Gasteiger partial charge in [0.05, 0.1) is 35.8 Å². The summed E-state index contributed by atoms with van der Waals surface area (Å²) in [6.07, 6.45) is 4.64. The van der Waals surface area contributed by atoms with Crippen LogP contribution in [0.4, 0.5) is 4.39 Å². The van der Waals surface area contributed by atoms with Gasteiger partial charge in [-0.15, -0.1) is 0 Å². The number of aromatic nitrogens is 3. The molecule has 0 unspecified atom stereocenters. The van der Waals surface area contributed by atoms with E-state index in [2.05, 4.69) is 4.98 Å². The molecule has 0 bridgehead atoms. The van der Waals surface area contributed by atoms with Crippen LogP contribution in [0.1, 0.15) is 40.2 Å². The lowest BCUT2D eigenvalue weighted by Crippen LogP contribution is -2.36. The van der Waals surface area contributed by atoms with Crippen LogP contribution in [0.5, 0.6) is 5.88 Å². The number of hydrogen-bond acceptors (Lipinski definition) is 6. The molecule has 11 heteroatoms. The molecular weight excluding hydrogens is 551 g/mol. The maximum Gasteiger partial charge on any atom is 0.335 e. The molecule has 2 aromatic heterocycles. The van der Waals surface area contributed by atoms with Crippen LogP contribution in [0.25, 0.3) is 16.6 Å². The first-order chi connectivity index (χ1) is 19.9. The van der Waals surface area contributed by atoms with E-state index in [1.807, 2.05) is 10.6 Å². The van der Waals surface area contributed by atoms with Crippen LogP contribution in [0.3, 0.4) is 0 Å². The SMILES string of the molecule is O=C(O)c1ccc2nc(CN3CCC(c4cccnc4OCc4ccc(Cl)cc4F)=CC3=O)n(C[C@@H]3CCO3)c2c1. The second-order valence-corrected chi connectivity index (χ2v) is 10.4. The van der Waals surface area contributed by atoms with Crippen molar-refractivity contribution in [3.63, 3.8) is 0 Å². The van der Waals surface area contributed by atoms with Crippen molar-refractivity contribution in [3.05, 3.63) is 94.2 Å². The molecule has 4 heterocycles. The molecule has 1 atom stereocenters. The number of carbonyl (C=O) groups is 2. The van der Waals surface area contributed by atoms with Gasteiger partial charge in [0.1, 0.15) is 18.2 Å². The lowest BCUT2D eigenvalue weighted by molar-refractivity contribution is -0.127. The first-order valence-corrected chi connectivity index (χ1v) is 13.6. The van der Waals surface area contributed by atoms with Gasteiger partial charge >= 0.3 is 5.97 Å². The third kappa shape index (κ3) is 5.66. The van der Waals surface area contributed by atoms with Gasteiger partial charge in [0.2, 0.25) is 11.8 Å². The van der Waals surface area contributed by atoms with Crippen LogP contribution in [0.15, 0.2) is 60.8 Å². The Morgan fingerprint density at radius 2 is 2.07 bits per heavy atom. The monoisotopic (exact) mass is 576 g/mol. The molecule has 1 amide bonds. The van der Waals surface area contributed by atoms with Gasteiger partial charge in [-0.25, -0.2) is 19.2 Å². The van der Waals surface area contributed by atoms with E-state index in [4.69, 9.17) is 26.1 Å². The van der Waals surface area contributed by atoms with E-state index < -0.39 is 11.8 Å². The molecule has 0 spiro atoms. The summed E-state index contributed by atoms with van der Waals surface area (Å²) in [6, 6.07) is 12.8. The van der Waals surface area contributed by atoms with Crippen molar-refractivity contribution in [2.75, 3.05) is 13.2 Å². The number of rotatable bonds is 9. The maximum absolute atomic E-state index is 14.2. The van der Waals surface area contributed by atoms with Crippen LogP contribution in [-0.2, 0) is 29.2 Å². The average molecular weight is 577 g/mol. The number of carboxylic acid groups (broad SMARTS) is 1. The van der Waals surface area contributed by atoms with Gasteiger partial charge in [-0.1, -0.05) is 17.7 Å². The minimum Gasteiger partial charge on any atom is -0.478 e. The number of amides is 1. The largest absolute Gasteiger partial charge is 0.478 e. The van der Waals surface area contributed by atoms with Gasteiger partial charge in [0.15, 0.2) is 0 Å². The summed E-state index contributed by atoms with van der Waals surface area (Å²) in [5, 5.41) is 9.78. The summed E-state index contributed by atoms with van der Waals surface area (Å²) < 4.78 is 27.7. The highest BCUT2D eigenvalue weighted by Gasteiger charge is 2.26. The Balaban J connectivity index is 1.22. The van der Waals surface area contributed by atoms with Gasteiger partial charge in [0.25, 0.3) is 0 Å². The zero-order valence-electron chi connectivity index (χ0n) is 21.9. The van der Waals surface area contributed by atoms with Crippen molar-refractivity contribution in [2.45, 2.75) is 38.6 Å². The molecule has 0 saturated carbocycles. The maximum atomic E-state index is 14.2. The van der Waals surface area contributed by atoms with E-state index in [1.54, 1.807) is 47.5 Å². The first-order valence-electron chi connectivity index (χ1n) is 13.2. The van der Waals surface area contributed by atoms with E-state index in [1.165, 1.54) is 12.1 Å². The number of carbonyl (C=O) groups excluding carboxylic acids is 1. The number of aromatic carboxylic acids is 1. The molecule has 4 aromatic rings. The molecule has 1 saturated heterocycles. The molecule has 1 N–H and O–H groups in total. The van der Waals surface area contributed by atoms with Crippen molar-refractivity contribution < 1.29 is 28.6 Å². The molecule has 6 rings (SSSR count). The highest BCUT2D eigenvalue weighted by Crippen LogP contribution is 2.31. The standard InChI is InChI=1S/C30H26ClFN4O5/c31-21-5-3-20(24(32)14-21)17-41-29-23(2-1-9-33-29)18-7-10-35(28(37)13-18)16-27-34-25-6-4-19(30(38)39)12-26(25)36(27)15-22-8-11-40-22/h1-6,9,12-14,22H,7-8,10-11,15-17H2,(H,38,39)/t22-/m0/s1. The molecule has 0 aliphatic carbocycles. The fourth-order valence-corrected chi connectivity index (χ4v) is 5.17. The van der Waals surface area contributed by atoms with Crippen LogP contribution in [0.2, 0.25) is 5.02 Å². The Morgan fingerprint density at radius 1 is 1.22 bits per heavy atom. The molecule has 2 aromatic carbocycles.